The second kappa shape index (κ2) is 10.6. The standard InChI is InChI=1S/C23H30N4O2S/c1-17(2)19-7-9-21(10-8-19)30-27-15-14-26(18(3)28)16-22(27)23(29)25-13-11-20-6-4-5-12-24-20/h4-10,12,17,22H,11,13-16H2,1-3H3,(H,25,29)/t22-/m1/s1. The molecule has 1 N–H and O–H groups in total. The maximum atomic E-state index is 13.0. The van der Waals surface area contributed by atoms with E-state index in [1.807, 2.05) is 18.2 Å². The molecule has 2 aromatic rings. The Kier molecular flexibility index (Phi) is 7.87. The van der Waals surface area contributed by atoms with E-state index in [0.29, 0.717) is 38.5 Å². The van der Waals surface area contributed by atoms with Crippen LogP contribution in [0.15, 0.2) is 53.6 Å². The third kappa shape index (κ3) is 6.06. The molecule has 2 heterocycles. The number of piperazine rings is 1. The van der Waals surface area contributed by atoms with Crippen molar-refractivity contribution in [3.8, 4) is 0 Å². The van der Waals surface area contributed by atoms with E-state index in [9.17, 15) is 9.59 Å². The van der Waals surface area contributed by atoms with Crippen LogP contribution < -0.4 is 5.32 Å². The molecule has 7 heteroatoms. The Hall–Kier alpha value is -2.38. The summed E-state index contributed by atoms with van der Waals surface area (Å²) in [5.74, 6) is 0.441. The van der Waals surface area contributed by atoms with Crippen molar-refractivity contribution in [2.24, 2.45) is 0 Å². The highest BCUT2D eigenvalue weighted by Crippen LogP contribution is 2.28. The van der Waals surface area contributed by atoms with Gasteiger partial charge in [0.25, 0.3) is 0 Å². The molecular formula is C23H30N4O2S. The van der Waals surface area contributed by atoms with E-state index in [1.165, 1.54) is 5.56 Å². The zero-order chi connectivity index (χ0) is 21.5. The Labute approximate surface area is 183 Å². The molecule has 1 saturated heterocycles. The van der Waals surface area contributed by atoms with Crippen molar-refractivity contribution in [3.05, 3.63) is 59.9 Å². The van der Waals surface area contributed by atoms with Gasteiger partial charge in [-0.2, -0.15) is 0 Å². The minimum absolute atomic E-state index is 0.00669. The molecule has 3 rings (SSSR count). The topological polar surface area (TPSA) is 65.5 Å². The van der Waals surface area contributed by atoms with Crippen molar-refractivity contribution in [2.45, 2.75) is 44.0 Å². The summed E-state index contributed by atoms with van der Waals surface area (Å²) in [6.45, 7) is 8.11. The molecule has 2 amide bonds. The first-order valence-corrected chi connectivity index (χ1v) is 11.2. The SMILES string of the molecule is CC(=O)N1CCN(Sc2ccc(C(C)C)cc2)[C@@H](C(=O)NCCc2ccccn2)C1. The fraction of sp³-hybridized carbons (Fsp3) is 0.435. The number of carbonyl (C=O) groups excluding carboxylic acids is 2. The van der Waals surface area contributed by atoms with Crippen LogP contribution in [0.2, 0.25) is 0 Å². The summed E-state index contributed by atoms with van der Waals surface area (Å²) >= 11 is 1.59. The predicted molar refractivity (Wildman–Crippen MR) is 120 cm³/mol. The summed E-state index contributed by atoms with van der Waals surface area (Å²) < 4.78 is 2.10. The largest absolute Gasteiger partial charge is 0.354 e. The van der Waals surface area contributed by atoms with E-state index in [1.54, 1.807) is 30.0 Å². The highest BCUT2D eigenvalue weighted by atomic mass is 32.2. The first-order chi connectivity index (χ1) is 14.4. The Morgan fingerprint density at radius 3 is 2.57 bits per heavy atom. The first kappa shape index (κ1) is 22.3. The maximum Gasteiger partial charge on any atom is 0.240 e. The number of hydrogen-bond donors (Lipinski definition) is 1. The average molecular weight is 427 g/mol. The van der Waals surface area contributed by atoms with Crippen LogP contribution in [0.3, 0.4) is 0 Å². The van der Waals surface area contributed by atoms with Crippen LogP contribution in [-0.2, 0) is 16.0 Å². The zero-order valence-corrected chi connectivity index (χ0v) is 18.7. The lowest BCUT2D eigenvalue weighted by atomic mass is 10.0. The number of pyridine rings is 1. The lowest BCUT2D eigenvalue weighted by Gasteiger charge is -2.39. The van der Waals surface area contributed by atoms with Gasteiger partial charge in [0.1, 0.15) is 6.04 Å². The molecule has 30 heavy (non-hydrogen) atoms. The number of nitrogens with zero attached hydrogens (tertiary/aromatic N) is 3. The van der Waals surface area contributed by atoms with Gasteiger partial charge in [-0.15, -0.1) is 0 Å². The molecule has 0 aliphatic carbocycles. The highest BCUT2D eigenvalue weighted by Gasteiger charge is 2.34. The van der Waals surface area contributed by atoms with Crippen LogP contribution >= 0.6 is 11.9 Å². The molecule has 1 aromatic heterocycles. The van der Waals surface area contributed by atoms with Crippen molar-refractivity contribution in [1.82, 2.24) is 19.5 Å². The van der Waals surface area contributed by atoms with Gasteiger partial charge in [-0.1, -0.05) is 32.0 Å². The molecule has 1 aliphatic heterocycles. The fourth-order valence-corrected chi connectivity index (χ4v) is 4.39. The van der Waals surface area contributed by atoms with Gasteiger partial charge in [0, 0.05) is 56.3 Å². The van der Waals surface area contributed by atoms with Crippen molar-refractivity contribution < 1.29 is 9.59 Å². The minimum atomic E-state index is -0.388. The molecule has 0 spiro atoms. The summed E-state index contributed by atoms with van der Waals surface area (Å²) in [6.07, 6.45) is 2.44. The molecule has 160 valence electrons. The zero-order valence-electron chi connectivity index (χ0n) is 17.9. The molecule has 1 fully saturated rings. The fourth-order valence-electron chi connectivity index (χ4n) is 3.40. The van der Waals surface area contributed by atoms with E-state index in [0.717, 1.165) is 10.6 Å². The second-order valence-electron chi connectivity index (χ2n) is 7.80. The van der Waals surface area contributed by atoms with Crippen molar-refractivity contribution in [2.75, 3.05) is 26.2 Å². The number of amides is 2. The van der Waals surface area contributed by atoms with Gasteiger partial charge in [0.2, 0.25) is 11.8 Å². The van der Waals surface area contributed by atoms with E-state index < -0.39 is 0 Å². The molecule has 0 radical (unpaired) electrons. The number of hydrogen-bond acceptors (Lipinski definition) is 5. The predicted octanol–water partition coefficient (Wildman–Crippen LogP) is 3.10. The van der Waals surface area contributed by atoms with Crippen molar-refractivity contribution >= 4 is 23.8 Å². The lowest BCUT2D eigenvalue weighted by molar-refractivity contribution is -0.134. The van der Waals surface area contributed by atoms with Gasteiger partial charge in [-0.3, -0.25) is 14.6 Å². The molecule has 0 unspecified atom stereocenters. The number of benzene rings is 1. The maximum absolute atomic E-state index is 13.0. The van der Waals surface area contributed by atoms with Gasteiger partial charge < -0.3 is 10.2 Å². The summed E-state index contributed by atoms with van der Waals surface area (Å²) in [7, 11) is 0. The normalized spacial score (nSPS) is 17.2. The molecular weight excluding hydrogens is 396 g/mol. The Balaban J connectivity index is 1.64. The van der Waals surface area contributed by atoms with Gasteiger partial charge in [-0.25, -0.2) is 4.31 Å². The van der Waals surface area contributed by atoms with Gasteiger partial charge in [0.05, 0.1) is 0 Å². The highest BCUT2D eigenvalue weighted by molar-refractivity contribution is 7.97. The smallest absolute Gasteiger partial charge is 0.240 e. The van der Waals surface area contributed by atoms with E-state index in [-0.39, 0.29) is 17.9 Å². The summed E-state index contributed by atoms with van der Waals surface area (Å²) in [6, 6.07) is 13.9. The van der Waals surface area contributed by atoms with Crippen LogP contribution in [0.5, 0.6) is 0 Å². The van der Waals surface area contributed by atoms with Gasteiger partial charge >= 0.3 is 0 Å². The quantitative estimate of drug-likeness (QED) is 0.689. The number of aromatic nitrogens is 1. The van der Waals surface area contributed by atoms with Crippen LogP contribution in [0, 0.1) is 0 Å². The van der Waals surface area contributed by atoms with E-state index in [4.69, 9.17) is 0 Å². The number of carbonyl (C=O) groups is 2. The van der Waals surface area contributed by atoms with Gasteiger partial charge in [-0.05, 0) is 47.7 Å². The van der Waals surface area contributed by atoms with Crippen molar-refractivity contribution in [3.63, 3.8) is 0 Å². The van der Waals surface area contributed by atoms with Crippen molar-refractivity contribution in [1.29, 1.82) is 0 Å². The van der Waals surface area contributed by atoms with Crippen LogP contribution in [0.4, 0.5) is 0 Å². The minimum Gasteiger partial charge on any atom is -0.354 e. The Morgan fingerprint density at radius 2 is 1.93 bits per heavy atom. The molecule has 1 atom stereocenters. The third-order valence-electron chi connectivity index (χ3n) is 5.26. The van der Waals surface area contributed by atoms with Crippen LogP contribution in [0.25, 0.3) is 0 Å². The van der Waals surface area contributed by atoms with E-state index in [2.05, 4.69) is 52.7 Å². The summed E-state index contributed by atoms with van der Waals surface area (Å²) in [4.78, 5) is 32.0. The third-order valence-corrected chi connectivity index (χ3v) is 6.41. The Bertz CT molecular complexity index is 842. The average Bonchev–Trinajstić information content (AvgIpc) is 2.75. The van der Waals surface area contributed by atoms with Crippen LogP contribution in [-0.4, -0.2) is 58.2 Å². The molecule has 1 aliphatic rings. The lowest BCUT2D eigenvalue weighted by Crippen LogP contribution is -2.57. The summed E-state index contributed by atoms with van der Waals surface area (Å²) in [5, 5.41) is 3.03. The monoisotopic (exact) mass is 426 g/mol. The Morgan fingerprint density at radius 1 is 1.17 bits per heavy atom. The first-order valence-electron chi connectivity index (χ1n) is 10.4. The number of nitrogens with one attached hydrogen (secondary N) is 1. The molecule has 1 aromatic carbocycles. The van der Waals surface area contributed by atoms with Gasteiger partial charge in [0.15, 0.2) is 0 Å². The molecule has 6 nitrogen and oxygen atoms in total. The summed E-state index contributed by atoms with van der Waals surface area (Å²) in [5.41, 5.74) is 2.24. The second-order valence-corrected chi connectivity index (χ2v) is 8.92. The number of rotatable bonds is 7. The van der Waals surface area contributed by atoms with Crippen LogP contribution in [0.1, 0.15) is 37.9 Å². The molecule has 0 bridgehead atoms. The van der Waals surface area contributed by atoms with E-state index >= 15 is 0 Å². The molecule has 0 saturated carbocycles.